The van der Waals surface area contributed by atoms with Gasteiger partial charge in [-0.3, -0.25) is 14.5 Å². The van der Waals surface area contributed by atoms with Crippen LogP contribution in [0.5, 0.6) is 0 Å². The predicted octanol–water partition coefficient (Wildman–Crippen LogP) is 1.07. The van der Waals surface area contributed by atoms with E-state index in [4.69, 9.17) is 4.74 Å². The Bertz CT molecular complexity index is 444. The summed E-state index contributed by atoms with van der Waals surface area (Å²) < 4.78 is 5.13. The maximum atomic E-state index is 12.0. The Balaban J connectivity index is 2.00. The van der Waals surface area contributed by atoms with Gasteiger partial charge < -0.3 is 4.74 Å². The SMILES string of the molecule is CC([C@H]1CO1)N1C(=O)c2ccccc2C1=O. The van der Waals surface area contributed by atoms with Crippen LogP contribution in [0.4, 0.5) is 0 Å². The zero-order chi connectivity index (χ0) is 11.3. The number of epoxide rings is 1. The fourth-order valence-electron chi connectivity index (χ4n) is 2.08. The summed E-state index contributed by atoms with van der Waals surface area (Å²) >= 11 is 0. The summed E-state index contributed by atoms with van der Waals surface area (Å²) in [5.41, 5.74) is 1.00. The number of nitrogens with zero attached hydrogens (tertiary/aromatic N) is 1. The van der Waals surface area contributed by atoms with Gasteiger partial charge in [-0.2, -0.15) is 0 Å². The molecule has 1 unspecified atom stereocenters. The molecule has 3 rings (SSSR count). The maximum Gasteiger partial charge on any atom is 0.261 e. The minimum atomic E-state index is -0.205. The molecular weight excluding hydrogens is 206 g/mol. The van der Waals surface area contributed by atoms with Crippen molar-refractivity contribution in [3.05, 3.63) is 35.4 Å². The first-order valence-electron chi connectivity index (χ1n) is 5.28. The van der Waals surface area contributed by atoms with Crippen LogP contribution in [0.1, 0.15) is 27.6 Å². The number of imide groups is 1. The van der Waals surface area contributed by atoms with E-state index in [-0.39, 0.29) is 24.0 Å². The van der Waals surface area contributed by atoms with Crippen molar-refractivity contribution in [2.45, 2.75) is 19.1 Å². The van der Waals surface area contributed by atoms with E-state index in [1.165, 1.54) is 4.90 Å². The van der Waals surface area contributed by atoms with Crippen LogP contribution < -0.4 is 0 Å². The van der Waals surface area contributed by atoms with Crippen molar-refractivity contribution in [1.82, 2.24) is 4.90 Å². The highest BCUT2D eigenvalue weighted by Crippen LogP contribution is 2.28. The summed E-state index contributed by atoms with van der Waals surface area (Å²) in [5, 5.41) is 0. The van der Waals surface area contributed by atoms with Crippen molar-refractivity contribution in [3.63, 3.8) is 0 Å². The number of carbonyl (C=O) groups excluding carboxylic acids is 2. The van der Waals surface area contributed by atoms with E-state index >= 15 is 0 Å². The van der Waals surface area contributed by atoms with Gasteiger partial charge in [0.25, 0.3) is 11.8 Å². The van der Waals surface area contributed by atoms with Crippen LogP contribution in [0.3, 0.4) is 0 Å². The summed E-state index contributed by atoms with van der Waals surface area (Å²) in [6.07, 6.45) is 0.0159. The Morgan fingerprint density at radius 1 is 1.25 bits per heavy atom. The van der Waals surface area contributed by atoms with Gasteiger partial charge in [0, 0.05) is 0 Å². The predicted molar refractivity (Wildman–Crippen MR) is 56.1 cm³/mol. The lowest BCUT2D eigenvalue weighted by atomic mass is 10.1. The maximum absolute atomic E-state index is 12.0. The molecule has 0 aliphatic carbocycles. The van der Waals surface area contributed by atoms with Crippen LogP contribution in [-0.4, -0.2) is 35.5 Å². The van der Waals surface area contributed by atoms with Crippen LogP contribution in [-0.2, 0) is 4.74 Å². The van der Waals surface area contributed by atoms with E-state index in [2.05, 4.69) is 0 Å². The molecule has 2 aliphatic rings. The highest BCUT2D eigenvalue weighted by molar-refractivity contribution is 6.21. The monoisotopic (exact) mass is 217 g/mol. The normalized spacial score (nSPS) is 24.6. The molecule has 2 amide bonds. The third kappa shape index (κ3) is 1.20. The Hall–Kier alpha value is -1.68. The second kappa shape index (κ2) is 3.15. The summed E-state index contributed by atoms with van der Waals surface area (Å²) in [7, 11) is 0. The first-order valence-corrected chi connectivity index (χ1v) is 5.28. The molecule has 1 fully saturated rings. The largest absolute Gasteiger partial charge is 0.371 e. The second-order valence-electron chi connectivity index (χ2n) is 4.14. The van der Waals surface area contributed by atoms with Crippen molar-refractivity contribution < 1.29 is 14.3 Å². The number of hydrogen-bond donors (Lipinski definition) is 0. The lowest BCUT2D eigenvalue weighted by Gasteiger charge is -2.20. The van der Waals surface area contributed by atoms with Crippen LogP contribution in [0, 0.1) is 0 Å². The number of carbonyl (C=O) groups is 2. The topological polar surface area (TPSA) is 49.9 Å². The van der Waals surface area contributed by atoms with E-state index in [1.54, 1.807) is 24.3 Å². The quantitative estimate of drug-likeness (QED) is 0.550. The molecule has 0 radical (unpaired) electrons. The fourth-order valence-corrected chi connectivity index (χ4v) is 2.08. The van der Waals surface area contributed by atoms with Crippen molar-refractivity contribution in [3.8, 4) is 0 Å². The van der Waals surface area contributed by atoms with E-state index in [0.29, 0.717) is 17.7 Å². The highest BCUT2D eigenvalue weighted by Gasteiger charge is 2.44. The van der Waals surface area contributed by atoms with E-state index in [1.807, 2.05) is 6.92 Å². The molecule has 0 saturated carbocycles. The number of hydrogen-bond acceptors (Lipinski definition) is 3. The molecular formula is C12H11NO3. The van der Waals surface area contributed by atoms with Crippen LogP contribution >= 0.6 is 0 Å². The molecule has 82 valence electrons. The van der Waals surface area contributed by atoms with Gasteiger partial charge in [-0.25, -0.2) is 0 Å². The van der Waals surface area contributed by atoms with Gasteiger partial charge in [-0.15, -0.1) is 0 Å². The molecule has 1 saturated heterocycles. The Morgan fingerprint density at radius 2 is 1.75 bits per heavy atom. The minimum absolute atomic E-state index is 0.0159. The third-order valence-electron chi connectivity index (χ3n) is 3.13. The molecule has 4 nitrogen and oxygen atoms in total. The van der Waals surface area contributed by atoms with Crippen molar-refractivity contribution in [1.29, 1.82) is 0 Å². The van der Waals surface area contributed by atoms with Gasteiger partial charge in [0.2, 0.25) is 0 Å². The zero-order valence-corrected chi connectivity index (χ0v) is 8.84. The van der Waals surface area contributed by atoms with E-state index in [0.717, 1.165) is 0 Å². The molecule has 2 heterocycles. The molecule has 16 heavy (non-hydrogen) atoms. The molecule has 2 atom stereocenters. The molecule has 0 spiro atoms. The molecule has 1 aromatic rings. The van der Waals surface area contributed by atoms with Crippen LogP contribution in [0.15, 0.2) is 24.3 Å². The second-order valence-corrected chi connectivity index (χ2v) is 4.14. The molecule has 1 aromatic carbocycles. The minimum Gasteiger partial charge on any atom is -0.371 e. The van der Waals surface area contributed by atoms with Gasteiger partial charge in [0.05, 0.1) is 23.8 Å². The Labute approximate surface area is 92.8 Å². The molecule has 0 aromatic heterocycles. The average molecular weight is 217 g/mol. The number of fused-ring (bicyclic) bond motifs is 1. The third-order valence-corrected chi connectivity index (χ3v) is 3.13. The zero-order valence-electron chi connectivity index (χ0n) is 8.84. The molecule has 4 heteroatoms. The lowest BCUT2D eigenvalue weighted by Crippen LogP contribution is -2.41. The smallest absolute Gasteiger partial charge is 0.261 e. The molecule has 2 aliphatic heterocycles. The average Bonchev–Trinajstić information content (AvgIpc) is 3.09. The van der Waals surface area contributed by atoms with Gasteiger partial charge >= 0.3 is 0 Å². The van der Waals surface area contributed by atoms with Crippen molar-refractivity contribution >= 4 is 11.8 Å². The Kier molecular flexibility index (Phi) is 1.88. The summed E-state index contributed by atoms with van der Waals surface area (Å²) in [6.45, 7) is 2.48. The summed E-state index contributed by atoms with van der Waals surface area (Å²) in [5.74, 6) is -0.410. The van der Waals surface area contributed by atoms with Gasteiger partial charge in [-0.05, 0) is 19.1 Å². The van der Waals surface area contributed by atoms with E-state index in [9.17, 15) is 9.59 Å². The highest BCUT2D eigenvalue weighted by atomic mass is 16.6. The number of rotatable bonds is 2. The Morgan fingerprint density at radius 3 is 2.19 bits per heavy atom. The van der Waals surface area contributed by atoms with Crippen LogP contribution in [0.25, 0.3) is 0 Å². The van der Waals surface area contributed by atoms with Crippen molar-refractivity contribution in [2.75, 3.05) is 6.61 Å². The first kappa shape index (κ1) is 9.54. The van der Waals surface area contributed by atoms with Gasteiger partial charge in [-0.1, -0.05) is 12.1 Å². The molecule has 0 N–H and O–H groups in total. The fraction of sp³-hybridized carbons (Fsp3) is 0.333. The summed E-state index contributed by atoms with van der Waals surface area (Å²) in [6, 6.07) is 6.75. The first-order chi connectivity index (χ1) is 7.70. The van der Waals surface area contributed by atoms with Gasteiger partial charge in [0.1, 0.15) is 6.10 Å². The number of benzene rings is 1. The number of ether oxygens (including phenoxy) is 1. The van der Waals surface area contributed by atoms with Crippen molar-refractivity contribution in [2.24, 2.45) is 0 Å². The lowest BCUT2D eigenvalue weighted by molar-refractivity contribution is 0.0572. The number of amides is 2. The molecule has 0 bridgehead atoms. The standard InChI is InChI=1S/C12H11NO3/c1-7(10-6-16-10)13-11(14)8-4-2-3-5-9(8)12(13)15/h2-5,7,10H,6H2,1H3/t7?,10-/m1/s1. The van der Waals surface area contributed by atoms with Crippen LogP contribution in [0.2, 0.25) is 0 Å². The van der Waals surface area contributed by atoms with E-state index < -0.39 is 0 Å². The summed E-state index contributed by atoms with van der Waals surface area (Å²) in [4.78, 5) is 25.4. The van der Waals surface area contributed by atoms with Gasteiger partial charge in [0.15, 0.2) is 0 Å².